The monoisotopic (exact) mass is 276 g/mol. The first kappa shape index (κ1) is 15.5. The van der Waals surface area contributed by atoms with Crippen molar-refractivity contribution in [2.75, 3.05) is 12.8 Å². The summed E-state index contributed by atoms with van der Waals surface area (Å²) in [6.07, 6.45) is 0. The van der Waals surface area contributed by atoms with E-state index in [0.29, 0.717) is 6.04 Å². The highest BCUT2D eigenvalue weighted by Gasteiger charge is 2.11. The molecule has 0 saturated heterocycles. The van der Waals surface area contributed by atoms with E-state index in [9.17, 15) is 0 Å². The maximum atomic E-state index is 5.80. The lowest BCUT2D eigenvalue weighted by Gasteiger charge is -2.25. The van der Waals surface area contributed by atoms with Crippen LogP contribution in [0.15, 0.2) is 54.6 Å². The fourth-order valence-electron chi connectivity index (χ4n) is 2.10. The minimum absolute atomic E-state index is 0. The topological polar surface area (TPSA) is 29.3 Å². The molecule has 0 fully saturated rings. The molecule has 0 amide bonds. The molecule has 3 heteroatoms. The van der Waals surface area contributed by atoms with Crippen molar-refractivity contribution in [2.24, 2.45) is 0 Å². The number of hydrogen-bond acceptors (Lipinski definition) is 2. The van der Waals surface area contributed by atoms with Gasteiger partial charge in [-0.3, -0.25) is 4.90 Å². The van der Waals surface area contributed by atoms with Crippen LogP contribution in [-0.2, 0) is 6.54 Å². The Morgan fingerprint density at radius 3 is 2.37 bits per heavy atom. The van der Waals surface area contributed by atoms with Gasteiger partial charge in [-0.05, 0) is 37.2 Å². The first-order valence-corrected chi connectivity index (χ1v) is 6.26. The third-order valence-corrected chi connectivity index (χ3v) is 3.33. The molecule has 0 bridgehead atoms. The molecule has 102 valence electrons. The van der Waals surface area contributed by atoms with Crippen LogP contribution in [0.1, 0.15) is 24.1 Å². The molecule has 0 heterocycles. The molecule has 0 radical (unpaired) electrons. The number of nitrogen functional groups attached to an aromatic ring is 1. The van der Waals surface area contributed by atoms with Gasteiger partial charge in [-0.25, -0.2) is 0 Å². The molecule has 2 nitrogen and oxygen atoms in total. The summed E-state index contributed by atoms with van der Waals surface area (Å²) in [5.41, 5.74) is 9.22. The van der Waals surface area contributed by atoms with Crippen molar-refractivity contribution in [3.63, 3.8) is 0 Å². The largest absolute Gasteiger partial charge is 0.399 e. The second-order valence-corrected chi connectivity index (χ2v) is 4.75. The molecule has 2 N–H and O–H groups in total. The van der Waals surface area contributed by atoms with Crippen LogP contribution in [0.5, 0.6) is 0 Å². The highest BCUT2D eigenvalue weighted by molar-refractivity contribution is 5.85. The molecule has 0 aliphatic rings. The highest BCUT2D eigenvalue weighted by atomic mass is 35.5. The van der Waals surface area contributed by atoms with Gasteiger partial charge in [0, 0.05) is 18.3 Å². The van der Waals surface area contributed by atoms with Gasteiger partial charge in [0.05, 0.1) is 0 Å². The first-order valence-electron chi connectivity index (χ1n) is 6.26. The minimum Gasteiger partial charge on any atom is -0.399 e. The van der Waals surface area contributed by atoms with Gasteiger partial charge < -0.3 is 5.73 Å². The summed E-state index contributed by atoms with van der Waals surface area (Å²) in [6, 6.07) is 19.0. The van der Waals surface area contributed by atoms with Crippen molar-refractivity contribution in [1.82, 2.24) is 4.90 Å². The minimum atomic E-state index is 0. The van der Waals surface area contributed by atoms with E-state index in [1.807, 2.05) is 24.3 Å². The molecule has 1 atom stereocenters. The summed E-state index contributed by atoms with van der Waals surface area (Å²) in [6.45, 7) is 3.13. The van der Waals surface area contributed by atoms with Crippen LogP contribution in [-0.4, -0.2) is 11.9 Å². The fraction of sp³-hybridized carbons (Fsp3) is 0.250. The van der Waals surface area contributed by atoms with Crippen LogP contribution in [0.3, 0.4) is 0 Å². The zero-order valence-electron chi connectivity index (χ0n) is 11.4. The van der Waals surface area contributed by atoms with Crippen LogP contribution in [0.25, 0.3) is 0 Å². The number of benzene rings is 2. The zero-order chi connectivity index (χ0) is 13.0. The molecule has 19 heavy (non-hydrogen) atoms. The molecule has 0 aliphatic heterocycles. The molecule has 1 unspecified atom stereocenters. The number of halogens is 1. The van der Waals surface area contributed by atoms with E-state index < -0.39 is 0 Å². The lowest BCUT2D eigenvalue weighted by molar-refractivity contribution is 0.253. The highest BCUT2D eigenvalue weighted by Crippen LogP contribution is 2.20. The van der Waals surface area contributed by atoms with Gasteiger partial charge in [0.25, 0.3) is 0 Å². The Labute approximate surface area is 121 Å². The molecule has 0 aliphatic carbocycles. The van der Waals surface area contributed by atoms with Crippen molar-refractivity contribution >= 4 is 18.1 Å². The average molecular weight is 277 g/mol. The van der Waals surface area contributed by atoms with Crippen molar-refractivity contribution in [1.29, 1.82) is 0 Å². The van der Waals surface area contributed by atoms with E-state index in [2.05, 4.69) is 49.2 Å². The summed E-state index contributed by atoms with van der Waals surface area (Å²) < 4.78 is 0. The third kappa shape index (κ3) is 4.27. The van der Waals surface area contributed by atoms with E-state index in [0.717, 1.165) is 12.2 Å². The molecule has 2 aromatic rings. The van der Waals surface area contributed by atoms with Gasteiger partial charge >= 0.3 is 0 Å². The van der Waals surface area contributed by atoms with Gasteiger partial charge in [0.1, 0.15) is 0 Å². The van der Waals surface area contributed by atoms with Crippen molar-refractivity contribution in [3.8, 4) is 0 Å². The van der Waals surface area contributed by atoms with Crippen molar-refractivity contribution in [2.45, 2.75) is 19.5 Å². The van der Waals surface area contributed by atoms with Gasteiger partial charge in [-0.1, -0.05) is 42.5 Å². The Balaban J connectivity index is 0.00000180. The van der Waals surface area contributed by atoms with Gasteiger partial charge in [-0.2, -0.15) is 0 Å². The Morgan fingerprint density at radius 1 is 1.05 bits per heavy atom. The standard InChI is InChI=1S/C16H20N2.ClH/c1-13(15-8-4-3-5-9-15)18(2)12-14-7-6-10-16(17)11-14;/h3-11,13H,12,17H2,1-2H3;1H. The summed E-state index contributed by atoms with van der Waals surface area (Å²) in [4.78, 5) is 2.32. The quantitative estimate of drug-likeness (QED) is 0.859. The third-order valence-electron chi connectivity index (χ3n) is 3.33. The lowest BCUT2D eigenvalue weighted by Crippen LogP contribution is -2.21. The lowest BCUT2D eigenvalue weighted by atomic mass is 10.1. The summed E-state index contributed by atoms with van der Waals surface area (Å²) in [5.74, 6) is 0. The van der Waals surface area contributed by atoms with Crippen LogP contribution in [0.4, 0.5) is 5.69 Å². The number of rotatable bonds is 4. The van der Waals surface area contributed by atoms with Crippen LogP contribution < -0.4 is 5.73 Å². The fourth-order valence-corrected chi connectivity index (χ4v) is 2.10. The summed E-state index contributed by atoms with van der Waals surface area (Å²) in [5, 5.41) is 0. The van der Waals surface area contributed by atoms with Gasteiger partial charge in [0.2, 0.25) is 0 Å². The molecule has 0 aromatic heterocycles. The molecular weight excluding hydrogens is 256 g/mol. The van der Waals surface area contributed by atoms with Crippen LogP contribution in [0.2, 0.25) is 0 Å². The van der Waals surface area contributed by atoms with E-state index in [-0.39, 0.29) is 12.4 Å². The van der Waals surface area contributed by atoms with Crippen LogP contribution >= 0.6 is 12.4 Å². The number of nitrogens with zero attached hydrogens (tertiary/aromatic N) is 1. The molecule has 0 spiro atoms. The molecule has 0 saturated carbocycles. The number of anilines is 1. The molecule has 2 rings (SSSR count). The van der Waals surface area contributed by atoms with Crippen LogP contribution in [0, 0.1) is 0 Å². The maximum Gasteiger partial charge on any atom is 0.0320 e. The first-order chi connectivity index (χ1) is 8.66. The average Bonchev–Trinajstić information content (AvgIpc) is 2.39. The summed E-state index contributed by atoms with van der Waals surface area (Å²) in [7, 11) is 2.14. The Bertz CT molecular complexity index is 499. The SMILES string of the molecule is CC(c1ccccc1)N(C)Cc1cccc(N)c1.Cl. The predicted molar refractivity (Wildman–Crippen MR) is 84.4 cm³/mol. The summed E-state index contributed by atoms with van der Waals surface area (Å²) >= 11 is 0. The van der Waals surface area contributed by atoms with E-state index in [4.69, 9.17) is 5.73 Å². The number of nitrogens with two attached hydrogens (primary N) is 1. The predicted octanol–water partition coefficient (Wildman–Crippen LogP) is 3.88. The van der Waals surface area contributed by atoms with Gasteiger partial charge in [0.15, 0.2) is 0 Å². The smallest absolute Gasteiger partial charge is 0.0320 e. The maximum absolute atomic E-state index is 5.80. The van der Waals surface area contributed by atoms with Gasteiger partial charge in [-0.15, -0.1) is 12.4 Å². The Hall–Kier alpha value is -1.51. The molecular formula is C16H21ClN2. The van der Waals surface area contributed by atoms with E-state index in [1.54, 1.807) is 0 Å². The zero-order valence-corrected chi connectivity index (χ0v) is 12.2. The second kappa shape index (κ2) is 7.17. The van der Waals surface area contributed by atoms with Crippen molar-refractivity contribution < 1.29 is 0 Å². The molecule has 2 aromatic carbocycles. The Kier molecular flexibility index (Phi) is 5.87. The van der Waals surface area contributed by atoms with E-state index in [1.165, 1.54) is 11.1 Å². The van der Waals surface area contributed by atoms with Crippen molar-refractivity contribution in [3.05, 3.63) is 65.7 Å². The normalized spacial score (nSPS) is 11.9. The second-order valence-electron chi connectivity index (χ2n) is 4.75. The Morgan fingerprint density at radius 2 is 1.74 bits per heavy atom. The number of hydrogen-bond donors (Lipinski definition) is 1. The van der Waals surface area contributed by atoms with E-state index >= 15 is 0 Å².